The molecular weight excluding hydrogens is 340 g/mol. The Kier molecular flexibility index (Phi) is 5.61. The topological polar surface area (TPSA) is 86.1 Å². The number of rotatable bonds is 7. The number of hydrogen-bond donors (Lipinski definition) is 1. The van der Waals surface area contributed by atoms with Gasteiger partial charge in [0.1, 0.15) is 17.4 Å². The number of nitrogens with one attached hydrogen (secondary N) is 1. The lowest BCUT2D eigenvalue weighted by atomic mass is 10.3. The highest BCUT2D eigenvalue weighted by atomic mass is 35.5. The second kappa shape index (κ2) is 7.29. The molecule has 1 aromatic heterocycles. The maximum Gasteiger partial charge on any atom is 0.240 e. The molecule has 0 atom stereocenters. The molecular formula is C14H19ClN4O3S. The fourth-order valence-corrected chi connectivity index (χ4v) is 3.53. The molecule has 1 heterocycles. The summed E-state index contributed by atoms with van der Waals surface area (Å²) in [5, 5.41) is 4.48. The Labute approximate surface area is 140 Å². The van der Waals surface area contributed by atoms with E-state index >= 15 is 0 Å². The summed E-state index contributed by atoms with van der Waals surface area (Å²) in [6.45, 7) is 4.58. The summed E-state index contributed by atoms with van der Waals surface area (Å²) in [4.78, 5) is 4.31. The van der Waals surface area contributed by atoms with Gasteiger partial charge in [-0.2, -0.15) is 5.10 Å². The van der Waals surface area contributed by atoms with Crippen LogP contribution < -0.4 is 9.46 Å². The SMILES string of the molecule is COc1ccc(S(=O)(=O)NCCCn2nc(C)nc2C)cc1Cl. The van der Waals surface area contributed by atoms with Crippen molar-refractivity contribution in [2.75, 3.05) is 13.7 Å². The molecule has 0 amide bonds. The van der Waals surface area contributed by atoms with Crippen LogP contribution in [0.15, 0.2) is 23.1 Å². The van der Waals surface area contributed by atoms with Crippen molar-refractivity contribution in [1.82, 2.24) is 19.5 Å². The number of nitrogens with zero attached hydrogens (tertiary/aromatic N) is 3. The van der Waals surface area contributed by atoms with Gasteiger partial charge in [0.25, 0.3) is 0 Å². The molecule has 0 saturated heterocycles. The molecule has 0 aliphatic rings. The van der Waals surface area contributed by atoms with Crippen LogP contribution in [0.25, 0.3) is 0 Å². The number of sulfonamides is 1. The van der Waals surface area contributed by atoms with Crippen molar-refractivity contribution in [2.45, 2.75) is 31.7 Å². The van der Waals surface area contributed by atoms with Gasteiger partial charge in [0.15, 0.2) is 0 Å². The first kappa shape index (κ1) is 17.7. The third-order valence-electron chi connectivity index (χ3n) is 3.23. The van der Waals surface area contributed by atoms with Gasteiger partial charge in [0, 0.05) is 13.1 Å². The second-order valence-electron chi connectivity index (χ2n) is 4.98. The monoisotopic (exact) mass is 358 g/mol. The average Bonchev–Trinajstić information content (AvgIpc) is 2.81. The van der Waals surface area contributed by atoms with E-state index in [4.69, 9.17) is 16.3 Å². The number of benzene rings is 1. The number of methoxy groups -OCH3 is 1. The number of aromatic nitrogens is 3. The maximum absolute atomic E-state index is 12.2. The van der Waals surface area contributed by atoms with Crippen molar-refractivity contribution in [3.8, 4) is 5.75 Å². The Balaban J connectivity index is 1.94. The van der Waals surface area contributed by atoms with E-state index in [0.29, 0.717) is 31.1 Å². The van der Waals surface area contributed by atoms with Gasteiger partial charge in [-0.15, -0.1) is 0 Å². The Bertz CT molecular complexity index is 789. The quantitative estimate of drug-likeness (QED) is 0.764. The first-order valence-corrected chi connectivity index (χ1v) is 8.91. The molecule has 2 rings (SSSR count). The highest BCUT2D eigenvalue weighted by Crippen LogP contribution is 2.26. The standard InChI is InChI=1S/C14H19ClN4O3S/c1-10-17-11(2)19(18-10)8-4-7-16-23(20,21)12-5-6-14(22-3)13(15)9-12/h5-6,9,16H,4,7-8H2,1-3H3. The van der Waals surface area contributed by atoms with Crippen LogP contribution in [0.4, 0.5) is 0 Å². The Hall–Kier alpha value is -1.64. The molecule has 0 bridgehead atoms. The molecule has 0 spiro atoms. The van der Waals surface area contributed by atoms with Crippen LogP contribution >= 0.6 is 11.6 Å². The Morgan fingerprint density at radius 2 is 2.09 bits per heavy atom. The first-order chi connectivity index (χ1) is 10.8. The molecule has 0 radical (unpaired) electrons. The van der Waals surface area contributed by atoms with E-state index in [1.807, 2.05) is 13.8 Å². The van der Waals surface area contributed by atoms with Crippen molar-refractivity contribution in [3.05, 3.63) is 34.9 Å². The highest BCUT2D eigenvalue weighted by molar-refractivity contribution is 7.89. The van der Waals surface area contributed by atoms with Gasteiger partial charge in [-0.1, -0.05) is 11.6 Å². The molecule has 2 aromatic rings. The first-order valence-electron chi connectivity index (χ1n) is 7.05. The lowest BCUT2D eigenvalue weighted by molar-refractivity contribution is 0.414. The van der Waals surface area contributed by atoms with Crippen molar-refractivity contribution >= 4 is 21.6 Å². The lowest BCUT2D eigenvalue weighted by Crippen LogP contribution is -2.25. The van der Waals surface area contributed by atoms with E-state index in [2.05, 4.69) is 14.8 Å². The molecule has 0 unspecified atom stereocenters. The number of hydrogen-bond acceptors (Lipinski definition) is 5. The van der Waals surface area contributed by atoms with Gasteiger partial charge < -0.3 is 4.74 Å². The zero-order valence-corrected chi connectivity index (χ0v) is 14.8. The van der Waals surface area contributed by atoms with Gasteiger partial charge in [-0.05, 0) is 38.5 Å². The van der Waals surface area contributed by atoms with Crippen molar-refractivity contribution in [3.63, 3.8) is 0 Å². The van der Waals surface area contributed by atoms with Gasteiger partial charge in [0.05, 0.1) is 17.0 Å². The predicted octanol–water partition coefficient (Wildman–Crippen LogP) is 1.93. The van der Waals surface area contributed by atoms with Crippen molar-refractivity contribution in [1.29, 1.82) is 0 Å². The Morgan fingerprint density at radius 1 is 1.35 bits per heavy atom. The third-order valence-corrected chi connectivity index (χ3v) is 4.99. The van der Waals surface area contributed by atoms with Crippen LogP contribution in [0.1, 0.15) is 18.1 Å². The molecule has 0 saturated carbocycles. The zero-order chi connectivity index (χ0) is 17.0. The van der Waals surface area contributed by atoms with Gasteiger partial charge in [-0.25, -0.2) is 18.1 Å². The molecule has 1 aromatic carbocycles. The minimum atomic E-state index is -3.60. The van der Waals surface area contributed by atoms with E-state index < -0.39 is 10.0 Å². The second-order valence-corrected chi connectivity index (χ2v) is 7.15. The predicted molar refractivity (Wildman–Crippen MR) is 87.3 cm³/mol. The summed E-state index contributed by atoms with van der Waals surface area (Å²) >= 11 is 5.96. The third kappa shape index (κ3) is 4.43. The fraction of sp³-hybridized carbons (Fsp3) is 0.429. The fourth-order valence-electron chi connectivity index (χ4n) is 2.11. The average molecular weight is 359 g/mol. The van der Waals surface area contributed by atoms with E-state index in [1.54, 1.807) is 4.68 Å². The molecule has 23 heavy (non-hydrogen) atoms. The normalized spacial score (nSPS) is 11.7. The van der Waals surface area contributed by atoms with Crippen LogP contribution in [0.2, 0.25) is 5.02 Å². The molecule has 7 nitrogen and oxygen atoms in total. The number of ether oxygens (including phenoxy) is 1. The summed E-state index contributed by atoms with van der Waals surface area (Å²) in [5.41, 5.74) is 0. The number of halogens is 1. The molecule has 9 heteroatoms. The summed E-state index contributed by atoms with van der Waals surface area (Å²) in [7, 11) is -2.13. The summed E-state index contributed by atoms with van der Waals surface area (Å²) in [6, 6.07) is 4.35. The minimum Gasteiger partial charge on any atom is -0.495 e. The minimum absolute atomic E-state index is 0.107. The zero-order valence-electron chi connectivity index (χ0n) is 13.2. The molecule has 1 N–H and O–H groups in total. The van der Waals surface area contributed by atoms with E-state index in [1.165, 1.54) is 25.3 Å². The van der Waals surface area contributed by atoms with Crippen LogP contribution in [0.3, 0.4) is 0 Å². The van der Waals surface area contributed by atoms with Gasteiger partial charge in [0.2, 0.25) is 10.0 Å². The van der Waals surface area contributed by atoms with Crippen LogP contribution in [0.5, 0.6) is 5.75 Å². The molecule has 126 valence electrons. The largest absolute Gasteiger partial charge is 0.495 e. The van der Waals surface area contributed by atoms with Gasteiger partial charge in [-0.3, -0.25) is 4.68 Å². The molecule has 0 aliphatic heterocycles. The van der Waals surface area contributed by atoms with E-state index in [0.717, 1.165) is 5.82 Å². The van der Waals surface area contributed by atoms with Crippen molar-refractivity contribution in [2.24, 2.45) is 0 Å². The number of aryl methyl sites for hydroxylation is 3. The molecule has 0 fully saturated rings. The van der Waals surface area contributed by atoms with Crippen LogP contribution in [-0.4, -0.2) is 36.8 Å². The summed E-state index contributed by atoms with van der Waals surface area (Å²) in [5.74, 6) is 1.95. The highest BCUT2D eigenvalue weighted by Gasteiger charge is 2.15. The summed E-state index contributed by atoms with van der Waals surface area (Å²) < 4.78 is 33.8. The van der Waals surface area contributed by atoms with E-state index in [-0.39, 0.29) is 9.92 Å². The maximum atomic E-state index is 12.2. The molecule has 0 aliphatic carbocycles. The lowest BCUT2D eigenvalue weighted by Gasteiger charge is -2.09. The van der Waals surface area contributed by atoms with Crippen LogP contribution in [-0.2, 0) is 16.6 Å². The van der Waals surface area contributed by atoms with E-state index in [9.17, 15) is 8.42 Å². The summed E-state index contributed by atoms with van der Waals surface area (Å²) in [6.07, 6.45) is 0.604. The van der Waals surface area contributed by atoms with Crippen molar-refractivity contribution < 1.29 is 13.2 Å². The Morgan fingerprint density at radius 3 is 2.65 bits per heavy atom. The van der Waals surface area contributed by atoms with Crippen LogP contribution in [0, 0.1) is 13.8 Å². The van der Waals surface area contributed by atoms with Gasteiger partial charge >= 0.3 is 0 Å². The smallest absolute Gasteiger partial charge is 0.240 e.